The van der Waals surface area contributed by atoms with E-state index in [1.54, 1.807) is 13.2 Å². The Kier molecular flexibility index (Phi) is 3.59. The third-order valence-corrected chi connectivity index (χ3v) is 3.70. The van der Waals surface area contributed by atoms with Crippen molar-refractivity contribution in [1.82, 2.24) is 25.5 Å². The van der Waals surface area contributed by atoms with Crippen molar-refractivity contribution < 1.29 is 4.79 Å². The van der Waals surface area contributed by atoms with Crippen LogP contribution in [0.1, 0.15) is 19.8 Å². The van der Waals surface area contributed by atoms with Crippen molar-refractivity contribution in [2.75, 3.05) is 30.4 Å². The van der Waals surface area contributed by atoms with Gasteiger partial charge in [-0.3, -0.25) is 9.89 Å². The number of aromatic nitrogens is 4. The number of amides is 1. The number of aromatic amines is 1. The van der Waals surface area contributed by atoms with Gasteiger partial charge in [0, 0.05) is 20.1 Å². The van der Waals surface area contributed by atoms with Crippen LogP contribution in [0.15, 0.2) is 6.20 Å². The number of carbonyl (C=O) groups is 1. The van der Waals surface area contributed by atoms with Crippen molar-refractivity contribution in [1.29, 1.82) is 0 Å². The van der Waals surface area contributed by atoms with Gasteiger partial charge in [-0.2, -0.15) is 15.1 Å². The van der Waals surface area contributed by atoms with Crippen LogP contribution in [-0.2, 0) is 4.79 Å². The van der Waals surface area contributed by atoms with E-state index in [4.69, 9.17) is 0 Å². The van der Waals surface area contributed by atoms with Gasteiger partial charge in [-0.25, -0.2) is 0 Å². The lowest BCUT2D eigenvalue weighted by Gasteiger charge is -2.25. The molecule has 0 aliphatic carbocycles. The second-order valence-electron chi connectivity index (χ2n) is 5.00. The Morgan fingerprint density at radius 3 is 3.14 bits per heavy atom. The van der Waals surface area contributed by atoms with Crippen molar-refractivity contribution in [3.63, 3.8) is 0 Å². The molecule has 112 valence electrons. The molecule has 21 heavy (non-hydrogen) atoms. The van der Waals surface area contributed by atoms with Crippen LogP contribution in [0.2, 0.25) is 0 Å². The van der Waals surface area contributed by atoms with E-state index in [1.165, 1.54) is 0 Å². The Balaban J connectivity index is 2.05. The number of rotatable bonds is 4. The summed E-state index contributed by atoms with van der Waals surface area (Å²) >= 11 is 0. The molecular weight excluding hydrogens is 270 g/mol. The Bertz CT molecular complexity index is 653. The number of fused-ring (bicyclic) bond motifs is 1. The van der Waals surface area contributed by atoms with E-state index in [2.05, 4.69) is 30.8 Å². The zero-order chi connectivity index (χ0) is 14.8. The molecular formula is C13H19N7O. The lowest BCUT2D eigenvalue weighted by Crippen LogP contribution is -2.42. The van der Waals surface area contributed by atoms with E-state index in [-0.39, 0.29) is 11.9 Å². The standard InChI is InChI=1S/C13H19N7O/c1-3-15-13-17-10-8(7-16-19-10)11(18-13)20-6-4-5-9(20)12(21)14-2/h7,9H,3-6H2,1-2H3,(H,14,21)(H2,15,16,17,18,19). The lowest BCUT2D eigenvalue weighted by molar-refractivity contribution is -0.121. The summed E-state index contributed by atoms with van der Waals surface area (Å²) in [5, 5.41) is 13.6. The fourth-order valence-electron chi connectivity index (χ4n) is 2.74. The number of nitrogens with zero attached hydrogens (tertiary/aromatic N) is 4. The zero-order valence-electron chi connectivity index (χ0n) is 12.2. The average molecular weight is 289 g/mol. The van der Waals surface area contributed by atoms with Crippen LogP contribution in [0.25, 0.3) is 11.0 Å². The first kappa shape index (κ1) is 13.6. The molecule has 8 nitrogen and oxygen atoms in total. The smallest absolute Gasteiger partial charge is 0.242 e. The average Bonchev–Trinajstić information content (AvgIpc) is 3.14. The summed E-state index contributed by atoms with van der Waals surface area (Å²) in [6.07, 6.45) is 3.51. The number of hydrogen-bond acceptors (Lipinski definition) is 6. The van der Waals surface area contributed by atoms with E-state index in [9.17, 15) is 4.79 Å². The van der Waals surface area contributed by atoms with Crippen molar-refractivity contribution in [2.45, 2.75) is 25.8 Å². The number of likely N-dealkylation sites (N-methyl/N-ethyl adjacent to an activating group) is 1. The third-order valence-electron chi connectivity index (χ3n) is 3.70. The van der Waals surface area contributed by atoms with Crippen LogP contribution < -0.4 is 15.5 Å². The van der Waals surface area contributed by atoms with Crippen molar-refractivity contribution >= 4 is 28.7 Å². The van der Waals surface area contributed by atoms with Crippen molar-refractivity contribution in [2.24, 2.45) is 0 Å². The van der Waals surface area contributed by atoms with E-state index in [1.807, 2.05) is 11.8 Å². The van der Waals surface area contributed by atoms with Crippen LogP contribution in [0, 0.1) is 0 Å². The number of hydrogen-bond donors (Lipinski definition) is 3. The minimum absolute atomic E-state index is 0.0211. The Hall–Kier alpha value is -2.38. The molecule has 0 radical (unpaired) electrons. The van der Waals surface area contributed by atoms with Gasteiger partial charge < -0.3 is 15.5 Å². The number of anilines is 2. The molecule has 0 saturated carbocycles. The van der Waals surface area contributed by atoms with Gasteiger partial charge in [-0.1, -0.05) is 0 Å². The van der Waals surface area contributed by atoms with E-state index < -0.39 is 0 Å². The molecule has 1 atom stereocenters. The highest BCUT2D eigenvalue weighted by Crippen LogP contribution is 2.30. The fourth-order valence-corrected chi connectivity index (χ4v) is 2.74. The largest absolute Gasteiger partial charge is 0.357 e. The summed E-state index contributed by atoms with van der Waals surface area (Å²) in [5.74, 6) is 1.33. The maximum Gasteiger partial charge on any atom is 0.242 e. The van der Waals surface area contributed by atoms with E-state index >= 15 is 0 Å². The zero-order valence-corrected chi connectivity index (χ0v) is 12.2. The predicted octanol–water partition coefficient (Wildman–Crippen LogP) is 0.499. The quantitative estimate of drug-likeness (QED) is 0.758. The molecule has 1 aliphatic rings. The summed E-state index contributed by atoms with van der Waals surface area (Å²) in [6.45, 7) is 3.53. The first-order valence-corrected chi connectivity index (χ1v) is 7.17. The van der Waals surface area contributed by atoms with Crippen LogP contribution in [0.3, 0.4) is 0 Å². The van der Waals surface area contributed by atoms with Gasteiger partial charge in [-0.05, 0) is 19.8 Å². The van der Waals surface area contributed by atoms with Gasteiger partial charge in [-0.15, -0.1) is 0 Å². The summed E-state index contributed by atoms with van der Waals surface area (Å²) < 4.78 is 0. The highest BCUT2D eigenvalue weighted by atomic mass is 16.2. The molecule has 0 aromatic carbocycles. The molecule has 2 aromatic heterocycles. The van der Waals surface area contributed by atoms with Gasteiger partial charge in [0.25, 0.3) is 0 Å². The van der Waals surface area contributed by atoms with Gasteiger partial charge in [0.1, 0.15) is 11.9 Å². The summed E-state index contributed by atoms with van der Waals surface area (Å²) in [6, 6.07) is -0.183. The fraction of sp³-hybridized carbons (Fsp3) is 0.538. The molecule has 1 saturated heterocycles. The number of H-pyrrole nitrogens is 1. The third kappa shape index (κ3) is 2.37. The molecule has 8 heteroatoms. The molecule has 1 amide bonds. The Morgan fingerprint density at radius 1 is 1.52 bits per heavy atom. The maximum absolute atomic E-state index is 12.0. The minimum atomic E-state index is -0.183. The second kappa shape index (κ2) is 5.55. The van der Waals surface area contributed by atoms with Gasteiger partial charge in [0.05, 0.1) is 11.6 Å². The van der Waals surface area contributed by atoms with Gasteiger partial charge in [0.2, 0.25) is 11.9 Å². The van der Waals surface area contributed by atoms with Crippen LogP contribution in [-0.4, -0.2) is 52.3 Å². The van der Waals surface area contributed by atoms with Gasteiger partial charge >= 0.3 is 0 Å². The topological polar surface area (TPSA) is 98.8 Å². The van der Waals surface area contributed by atoms with Crippen molar-refractivity contribution in [3.05, 3.63) is 6.20 Å². The van der Waals surface area contributed by atoms with Gasteiger partial charge in [0.15, 0.2) is 5.65 Å². The molecule has 0 bridgehead atoms. The summed E-state index contributed by atoms with van der Waals surface area (Å²) in [7, 11) is 1.66. The van der Waals surface area contributed by atoms with Crippen molar-refractivity contribution in [3.8, 4) is 0 Å². The summed E-state index contributed by atoms with van der Waals surface area (Å²) in [5.41, 5.74) is 0.679. The lowest BCUT2D eigenvalue weighted by atomic mass is 10.2. The molecule has 1 aliphatic heterocycles. The first-order valence-electron chi connectivity index (χ1n) is 7.17. The molecule has 3 heterocycles. The molecule has 1 fully saturated rings. The Morgan fingerprint density at radius 2 is 2.38 bits per heavy atom. The highest BCUT2D eigenvalue weighted by molar-refractivity contribution is 5.92. The molecule has 1 unspecified atom stereocenters. The predicted molar refractivity (Wildman–Crippen MR) is 80.3 cm³/mol. The molecule has 0 spiro atoms. The molecule has 2 aromatic rings. The number of nitrogens with one attached hydrogen (secondary N) is 3. The highest BCUT2D eigenvalue weighted by Gasteiger charge is 2.32. The van der Waals surface area contributed by atoms with Crippen LogP contribution in [0.5, 0.6) is 0 Å². The monoisotopic (exact) mass is 289 g/mol. The second-order valence-corrected chi connectivity index (χ2v) is 5.00. The molecule has 3 rings (SSSR count). The SMILES string of the molecule is CCNc1nc(N2CCCC2C(=O)NC)c2cn[nH]c2n1. The van der Waals surface area contributed by atoms with Crippen LogP contribution >= 0.6 is 0 Å². The maximum atomic E-state index is 12.0. The molecule has 3 N–H and O–H groups in total. The van der Waals surface area contributed by atoms with Crippen LogP contribution in [0.4, 0.5) is 11.8 Å². The normalized spacial score (nSPS) is 18.2. The minimum Gasteiger partial charge on any atom is -0.357 e. The number of carbonyl (C=O) groups excluding carboxylic acids is 1. The summed E-state index contributed by atoms with van der Waals surface area (Å²) in [4.78, 5) is 23.0. The first-order chi connectivity index (χ1) is 10.2. The Labute approximate surface area is 122 Å². The van der Waals surface area contributed by atoms with E-state index in [0.717, 1.165) is 37.1 Å². The van der Waals surface area contributed by atoms with E-state index in [0.29, 0.717) is 11.6 Å².